The molecule has 80 valence electrons. The lowest BCUT2D eigenvalue weighted by molar-refractivity contribution is -0.138. The van der Waals surface area contributed by atoms with E-state index in [1.807, 2.05) is 5.43 Å². The summed E-state index contributed by atoms with van der Waals surface area (Å²) >= 11 is 0. The monoisotopic (exact) mass is 203 g/mol. The summed E-state index contributed by atoms with van der Waals surface area (Å²) in [4.78, 5) is 23.6. The van der Waals surface area contributed by atoms with E-state index in [1.54, 1.807) is 0 Å². The Balaban J connectivity index is 3.59. The maximum absolute atomic E-state index is 10.3. The largest absolute Gasteiger partial charge is 0.480 e. The van der Waals surface area contributed by atoms with Crippen molar-refractivity contribution in [1.29, 1.82) is 0 Å². The van der Waals surface area contributed by atoms with E-state index in [1.165, 1.54) is 0 Å². The minimum absolute atomic E-state index is 0.0936. The van der Waals surface area contributed by atoms with Crippen molar-refractivity contribution in [2.75, 3.05) is 6.54 Å². The van der Waals surface area contributed by atoms with Gasteiger partial charge < -0.3 is 16.6 Å². The number of carboxylic acids is 1. The Labute approximate surface area is 80.3 Å². The molecule has 0 saturated carbocycles. The summed E-state index contributed by atoms with van der Waals surface area (Å²) in [5.74, 6) is -1.14. The van der Waals surface area contributed by atoms with Crippen molar-refractivity contribution in [2.45, 2.75) is 18.9 Å². The van der Waals surface area contributed by atoms with Gasteiger partial charge in [-0.15, -0.1) is 4.91 Å². The molecule has 0 radical (unpaired) electrons. The Hall–Kier alpha value is -1.70. The van der Waals surface area contributed by atoms with Crippen LogP contribution in [0.2, 0.25) is 0 Å². The summed E-state index contributed by atoms with van der Waals surface area (Å²) < 4.78 is 0. The van der Waals surface area contributed by atoms with Gasteiger partial charge in [0, 0.05) is 6.54 Å². The highest BCUT2D eigenvalue weighted by Crippen LogP contribution is 1.94. The molecule has 0 bridgehead atoms. The van der Waals surface area contributed by atoms with Gasteiger partial charge in [0.1, 0.15) is 6.04 Å². The van der Waals surface area contributed by atoms with E-state index >= 15 is 0 Å². The second-order valence-corrected chi connectivity index (χ2v) is 2.56. The Morgan fingerprint density at radius 3 is 2.71 bits per heavy atom. The lowest BCUT2D eigenvalue weighted by atomic mass is 10.2. The third-order valence-electron chi connectivity index (χ3n) is 1.43. The highest BCUT2D eigenvalue weighted by Gasteiger charge is 2.09. The van der Waals surface area contributed by atoms with Gasteiger partial charge in [-0.25, -0.2) is 5.43 Å². The Morgan fingerprint density at radius 1 is 1.57 bits per heavy atom. The molecule has 0 aromatic heterocycles. The van der Waals surface area contributed by atoms with Crippen LogP contribution in [0.3, 0.4) is 0 Å². The molecule has 1 atom stereocenters. The Morgan fingerprint density at radius 2 is 2.21 bits per heavy atom. The molecular formula is C6H13N5O3. The van der Waals surface area contributed by atoms with E-state index in [9.17, 15) is 9.70 Å². The number of hydrogen-bond acceptors (Lipinski definition) is 5. The third-order valence-corrected chi connectivity index (χ3v) is 1.43. The number of nitrogens with one attached hydrogen (secondary N) is 1. The van der Waals surface area contributed by atoms with Crippen molar-refractivity contribution in [1.82, 2.24) is 5.43 Å². The lowest BCUT2D eigenvalue weighted by Crippen LogP contribution is -2.30. The van der Waals surface area contributed by atoms with E-state index in [0.29, 0.717) is 19.4 Å². The number of guanidine groups is 1. The van der Waals surface area contributed by atoms with Crippen molar-refractivity contribution < 1.29 is 9.90 Å². The van der Waals surface area contributed by atoms with Crippen LogP contribution in [0.15, 0.2) is 10.3 Å². The predicted molar refractivity (Wildman–Crippen MR) is 50.3 cm³/mol. The van der Waals surface area contributed by atoms with Crippen LogP contribution in [0.5, 0.6) is 0 Å². The van der Waals surface area contributed by atoms with E-state index in [4.69, 9.17) is 16.6 Å². The Bertz CT molecular complexity index is 230. The molecule has 0 rings (SSSR count). The fraction of sp³-hybridized carbons (Fsp3) is 0.667. The zero-order chi connectivity index (χ0) is 11.0. The van der Waals surface area contributed by atoms with E-state index in [2.05, 4.69) is 10.3 Å². The second kappa shape index (κ2) is 6.78. The summed E-state index contributed by atoms with van der Waals surface area (Å²) in [6.07, 6.45) is 0.787. The van der Waals surface area contributed by atoms with Gasteiger partial charge in [-0.1, -0.05) is 0 Å². The number of nitrogens with two attached hydrogens (primary N) is 2. The SMILES string of the molecule is NC(=NCCC[C@H](N)C(=O)O)NN=O. The van der Waals surface area contributed by atoms with Gasteiger partial charge in [0.25, 0.3) is 0 Å². The smallest absolute Gasteiger partial charge is 0.320 e. The fourth-order valence-corrected chi connectivity index (χ4v) is 0.716. The van der Waals surface area contributed by atoms with E-state index in [0.717, 1.165) is 0 Å². The first-order valence-electron chi connectivity index (χ1n) is 3.94. The van der Waals surface area contributed by atoms with Gasteiger partial charge in [-0.3, -0.25) is 9.79 Å². The number of nitrogens with zero attached hydrogens (tertiary/aromatic N) is 2. The second-order valence-electron chi connectivity index (χ2n) is 2.56. The molecule has 0 aliphatic carbocycles. The summed E-state index contributed by atoms with van der Waals surface area (Å²) in [5, 5.41) is 10.7. The first-order valence-corrected chi connectivity index (χ1v) is 3.94. The zero-order valence-electron chi connectivity index (χ0n) is 7.51. The fourth-order valence-electron chi connectivity index (χ4n) is 0.716. The van der Waals surface area contributed by atoms with Crippen molar-refractivity contribution >= 4 is 11.9 Å². The number of nitroso groups, excluding NO2 is 1. The minimum Gasteiger partial charge on any atom is -0.480 e. The van der Waals surface area contributed by atoms with Crippen molar-refractivity contribution in [3.8, 4) is 0 Å². The molecule has 0 aliphatic heterocycles. The topological polar surface area (TPSA) is 143 Å². The van der Waals surface area contributed by atoms with Crippen LogP contribution in [0, 0.1) is 4.91 Å². The molecule has 14 heavy (non-hydrogen) atoms. The molecule has 0 aliphatic rings. The summed E-state index contributed by atoms with van der Waals surface area (Å²) in [7, 11) is 0. The molecule has 0 aromatic carbocycles. The molecule has 0 fully saturated rings. The minimum atomic E-state index is -1.05. The number of aliphatic imine (C=N–C) groups is 1. The zero-order valence-corrected chi connectivity index (χ0v) is 7.51. The van der Waals surface area contributed by atoms with Crippen LogP contribution >= 0.6 is 0 Å². The summed E-state index contributed by atoms with van der Waals surface area (Å²) in [6, 6.07) is -0.886. The molecule has 0 amide bonds. The highest BCUT2D eigenvalue weighted by atomic mass is 16.4. The third kappa shape index (κ3) is 5.89. The molecule has 6 N–H and O–H groups in total. The van der Waals surface area contributed by atoms with E-state index < -0.39 is 12.0 Å². The van der Waals surface area contributed by atoms with Crippen molar-refractivity contribution in [3.63, 3.8) is 0 Å². The highest BCUT2D eigenvalue weighted by molar-refractivity contribution is 5.77. The van der Waals surface area contributed by atoms with Crippen LogP contribution in [-0.4, -0.2) is 29.6 Å². The van der Waals surface area contributed by atoms with Crippen LogP contribution in [-0.2, 0) is 4.79 Å². The number of hydrogen-bond donors (Lipinski definition) is 4. The molecule has 0 saturated heterocycles. The van der Waals surface area contributed by atoms with Crippen molar-refractivity contribution in [3.05, 3.63) is 4.91 Å². The molecule has 0 unspecified atom stereocenters. The van der Waals surface area contributed by atoms with Gasteiger partial charge in [-0.05, 0) is 12.8 Å². The van der Waals surface area contributed by atoms with Gasteiger partial charge in [0.05, 0.1) is 5.29 Å². The average Bonchev–Trinajstić information content (AvgIpc) is 2.12. The number of rotatable bonds is 6. The molecule has 0 aromatic rings. The molecular weight excluding hydrogens is 190 g/mol. The molecule has 8 heteroatoms. The standard InChI is InChI=1S/C6H13N5O3/c7-4(5(12)13)2-1-3-9-6(8)10-11-14/h4H,1-3,7H2,(H,12,13)(H3,8,9,10,14)/t4-/m0/s1. The van der Waals surface area contributed by atoms with Crippen molar-refractivity contribution in [2.24, 2.45) is 21.7 Å². The number of carbonyl (C=O) groups is 1. The average molecular weight is 203 g/mol. The quantitative estimate of drug-likeness (QED) is 0.140. The molecule has 0 heterocycles. The van der Waals surface area contributed by atoms with Gasteiger partial charge in [-0.2, -0.15) is 0 Å². The predicted octanol–water partition coefficient (Wildman–Crippen LogP) is -1.24. The lowest BCUT2D eigenvalue weighted by Gasteiger charge is -2.03. The molecule has 0 spiro atoms. The summed E-state index contributed by atoms with van der Waals surface area (Å²) in [6.45, 7) is 0.301. The first kappa shape index (κ1) is 12.3. The van der Waals surface area contributed by atoms with Crippen LogP contribution < -0.4 is 16.9 Å². The van der Waals surface area contributed by atoms with Crippen LogP contribution in [0.4, 0.5) is 0 Å². The summed E-state index contributed by atoms with van der Waals surface area (Å²) in [5.41, 5.74) is 12.3. The number of carboxylic acid groups (broad SMARTS) is 1. The van der Waals surface area contributed by atoms with Gasteiger partial charge >= 0.3 is 5.97 Å². The number of aliphatic carboxylic acids is 1. The Kier molecular flexibility index (Phi) is 5.95. The maximum Gasteiger partial charge on any atom is 0.320 e. The van der Waals surface area contributed by atoms with Crippen LogP contribution in [0.25, 0.3) is 0 Å². The normalized spacial score (nSPS) is 13.4. The van der Waals surface area contributed by atoms with Gasteiger partial charge in [0.15, 0.2) is 0 Å². The maximum atomic E-state index is 10.3. The first-order chi connectivity index (χ1) is 6.57. The van der Waals surface area contributed by atoms with Gasteiger partial charge in [0.2, 0.25) is 5.96 Å². The van der Waals surface area contributed by atoms with Crippen LogP contribution in [0.1, 0.15) is 12.8 Å². The van der Waals surface area contributed by atoms with E-state index in [-0.39, 0.29) is 5.96 Å². The molecule has 8 nitrogen and oxygen atoms in total.